The van der Waals surface area contributed by atoms with E-state index in [0.29, 0.717) is 21.4 Å². The minimum Gasteiger partial charge on any atom is -0.401 e. The van der Waals surface area contributed by atoms with Crippen LogP contribution in [0, 0.1) is 10.1 Å². The minimum atomic E-state index is -0.621. The Kier molecular flexibility index (Phi) is 4.77. The summed E-state index contributed by atoms with van der Waals surface area (Å²) in [5.74, 6) is -0.415. The van der Waals surface area contributed by atoms with Crippen molar-refractivity contribution in [1.82, 2.24) is 0 Å². The molecule has 8 heteroatoms. The molecule has 1 aromatic heterocycles. The lowest BCUT2D eigenvalue weighted by Gasteiger charge is -2.15. The van der Waals surface area contributed by atoms with Gasteiger partial charge in [0.2, 0.25) is 0 Å². The summed E-state index contributed by atoms with van der Waals surface area (Å²) >= 11 is 1.19. The molecule has 0 atom stereocenters. The maximum Gasteiger partial charge on any atom is 0.433 e. The number of para-hydroxylation sites is 2. The molecule has 3 aromatic rings. The molecule has 138 valence electrons. The highest BCUT2D eigenvalue weighted by molar-refractivity contribution is 8.19. The van der Waals surface area contributed by atoms with Crippen LogP contribution in [0.5, 0.6) is 0 Å². The van der Waals surface area contributed by atoms with Gasteiger partial charge in [-0.2, -0.15) is 0 Å². The third-order valence-electron chi connectivity index (χ3n) is 3.87. The molecule has 28 heavy (non-hydrogen) atoms. The van der Waals surface area contributed by atoms with E-state index in [2.05, 4.69) is 4.99 Å². The molecule has 0 bridgehead atoms. The molecule has 1 amide bonds. The highest BCUT2D eigenvalue weighted by atomic mass is 32.2. The van der Waals surface area contributed by atoms with E-state index in [-0.39, 0.29) is 17.6 Å². The number of nitrogens with zero attached hydrogens (tertiary/aromatic N) is 3. The predicted molar refractivity (Wildman–Crippen MR) is 108 cm³/mol. The van der Waals surface area contributed by atoms with Gasteiger partial charge in [-0.3, -0.25) is 19.8 Å². The van der Waals surface area contributed by atoms with Crippen molar-refractivity contribution < 1.29 is 14.1 Å². The lowest BCUT2D eigenvalue weighted by Crippen LogP contribution is -2.28. The monoisotopic (exact) mass is 391 g/mol. The molecule has 0 radical (unpaired) electrons. The number of aliphatic imine (C=N–C) groups is 1. The van der Waals surface area contributed by atoms with Crippen LogP contribution in [0.4, 0.5) is 17.3 Å². The zero-order valence-electron chi connectivity index (χ0n) is 14.4. The number of amidine groups is 1. The van der Waals surface area contributed by atoms with Crippen LogP contribution in [0.1, 0.15) is 5.76 Å². The molecule has 0 unspecified atom stereocenters. The van der Waals surface area contributed by atoms with Crippen molar-refractivity contribution in [3.05, 3.63) is 93.6 Å². The van der Waals surface area contributed by atoms with E-state index < -0.39 is 4.92 Å². The lowest BCUT2D eigenvalue weighted by atomic mass is 10.3. The van der Waals surface area contributed by atoms with Gasteiger partial charge < -0.3 is 4.42 Å². The molecule has 2 aromatic carbocycles. The van der Waals surface area contributed by atoms with Gasteiger partial charge in [-0.1, -0.05) is 36.4 Å². The Bertz CT molecular complexity index is 1090. The van der Waals surface area contributed by atoms with Crippen LogP contribution in [0.25, 0.3) is 6.08 Å². The van der Waals surface area contributed by atoms with Crippen molar-refractivity contribution in [3.63, 3.8) is 0 Å². The van der Waals surface area contributed by atoms with Gasteiger partial charge in [0.05, 0.1) is 22.3 Å². The summed E-state index contributed by atoms with van der Waals surface area (Å²) in [6, 6.07) is 21.2. The van der Waals surface area contributed by atoms with Crippen molar-refractivity contribution in [1.29, 1.82) is 0 Å². The first-order valence-corrected chi connectivity index (χ1v) is 9.10. The van der Waals surface area contributed by atoms with Crippen LogP contribution in [-0.4, -0.2) is 16.0 Å². The Hall–Kier alpha value is -3.65. The average molecular weight is 391 g/mol. The minimum absolute atomic E-state index is 0.233. The SMILES string of the molecule is O=C1C(=Cc2ccc([N+](=O)[O-])o2)SC(=Nc2ccccc2)N1c1ccccc1. The summed E-state index contributed by atoms with van der Waals surface area (Å²) in [5, 5.41) is 11.3. The summed E-state index contributed by atoms with van der Waals surface area (Å²) in [6.07, 6.45) is 1.49. The average Bonchev–Trinajstić information content (AvgIpc) is 3.29. The van der Waals surface area contributed by atoms with E-state index in [9.17, 15) is 14.9 Å². The second kappa shape index (κ2) is 7.53. The van der Waals surface area contributed by atoms with Crippen molar-refractivity contribution >= 4 is 46.2 Å². The smallest absolute Gasteiger partial charge is 0.401 e. The highest BCUT2D eigenvalue weighted by Gasteiger charge is 2.35. The molecular weight excluding hydrogens is 378 g/mol. The van der Waals surface area contributed by atoms with Crippen LogP contribution in [0.3, 0.4) is 0 Å². The Morgan fingerprint density at radius 1 is 1.00 bits per heavy atom. The van der Waals surface area contributed by atoms with Crippen LogP contribution >= 0.6 is 11.8 Å². The van der Waals surface area contributed by atoms with Gasteiger partial charge in [0, 0.05) is 6.08 Å². The molecular formula is C20H13N3O4S. The van der Waals surface area contributed by atoms with E-state index in [1.165, 1.54) is 34.9 Å². The standard InChI is InChI=1S/C20H13N3O4S/c24-19-17(13-16-11-12-18(27-16)23(25)26)28-20(21-14-7-3-1-4-8-14)22(19)15-9-5-2-6-10-15/h1-13H. The third kappa shape index (κ3) is 3.58. The quantitative estimate of drug-likeness (QED) is 0.355. The number of thioether (sulfide) groups is 1. The maximum atomic E-state index is 13.0. The fraction of sp³-hybridized carbons (Fsp3) is 0. The molecule has 1 aliphatic heterocycles. The molecule has 1 aliphatic rings. The number of rotatable bonds is 4. The van der Waals surface area contributed by atoms with Crippen molar-refractivity contribution in [3.8, 4) is 0 Å². The fourth-order valence-corrected chi connectivity index (χ4v) is 3.59. The van der Waals surface area contributed by atoms with E-state index in [0.717, 1.165) is 0 Å². The number of nitro groups is 1. The van der Waals surface area contributed by atoms with Gasteiger partial charge in [-0.15, -0.1) is 0 Å². The summed E-state index contributed by atoms with van der Waals surface area (Å²) in [4.78, 5) is 29.7. The second-order valence-corrected chi connectivity index (χ2v) is 6.76. The second-order valence-electron chi connectivity index (χ2n) is 5.75. The first-order chi connectivity index (χ1) is 13.6. The summed E-state index contributed by atoms with van der Waals surface area (Å²) in [5.41, 5.74) is 1.40. The van der Waals surface area contributed by atoms with E-state index >= 15 is 0 Å². The third-order valence-corrected chi connectivity index (χ3v) is 4.84. The molecule has 1 saturated heterocycles. The zero-order chi connectivity index (χ0) is 19.5. The van der Waals surface area contributed by atoms with Gasteiger partial charge in [-0.25, -0.2) is 4.99 Å². The molecule has 0 N–H and O–H groups in total. The van der Waals surface area contributed by atoms with Crippen LogP contribution in [0.2, 0.25) is 0 Å². The Morgan fingerprint density at radius 3 is 2.32 bits per heavy atom. The number of benzene rings is 2. The molecule has 0 aliphatic carbocycles. The molecule has 0 spiro atoms. The lowest BCUT2D eigenvalue weighted by molar-refractivity contribution is -0.402. The summed E-state index contributed by atoms with van der Waals surface area (Å²) in [6.45, 7) is 0. The fourth-order valence-electron chi connectivity index (χ4n) is 2.61. The summed E-state index contributed by atoms with van der Waals surface area (Å²) < 4.78 is 5.15. The van der Waals surface area contributed by atoms with Crippen molar-refractivity contribution in [2.24, 2.45) is 4.99 Å². The number of carbonyl (C=O) groups is 1. The van der Waals surface area contributed by atoms with Crippen molar-refractivity contribution in [2.75, 3.05) is 4.90 Å². The Labute approximate surface area is 164 Å². The van der Waals surface area contributed by atoms with E-state index in [1.54, 1.807) is 0 Å². The molecule has 4 rings (SSSR count). The number of amides is 1. The first-order valence-electron chi connectivity index (χ1n) is 8.29. The number of anilines is 1. The molecule has 2 heterocycles. The number of hydrogen-bond acceptors (Lipinski definition) is 6. The van der Waals surface area contributed by atoms with E-state index in [1.807, 2.05) is 60.7 Å². The van der Waals surface area contributed by atoms with Gasteiger partial charge in [0.1, 0.15) is 10.7 Å². The van der Waals surface area contributed by atoms with Gasteiger partial charge in [0.25, 0.3) is 5.91 Å². The Morgan fingerprint density at radius 2 is 1.68 bits per heavy atom. The topological polar surface area (TPSA) is 88.9 Å². The largest absolute Gasteiger partial charge is 0.433 e. The number of carbonyl (C=O) groups excluding carboxylic acids is 1. The van der Waals surface area contributed by atoms with Crippen LogP contribution in [0.15, 0.2) is 87.1 Å². The van der Waals surface area contributed by atoms with Gasteiger partial charge in [0.15, 0.2) is 5.17 Å². The normalized spacial score (nSPS) is 16.9. The zero-order valence-corrected chi connectivity index (χ0v) is 15.2. The predicted octanol–water partition coefficient (Wildman–Crippen LogP) is 5.00. The van der Waals surface area contributed by atoms with E-state index in [4.69, 9.17) is 4.42 Å². The highest BCUT2D eigenvalue weighted by Crippen LogP contribution is 2.37. The van der Waals surface area contributed by atoms with Gasteiger partial charge in [-0.05, 0) is 42.1 Å². The van der Waals surface area contributed by atoms with Crippen molar-refractivity contribution in [2.45, 2.75) is 0 Å². The first kappa shape index (κ1) is 17.7. The molecule has 7 nitrogen and oxygen atoms in total. The number of furan rings is 1. The summed E-state index contributed by atoms with van der Waals surface area (Å²) in [7, 11) is 0. The molecule has 1 fully saturated rings. The van der Waals surface area contributed by atoms with Crippen LogP contribution in [-0.2, 0) is 4.79 Å². The maximum absolute atomic E-state index is 13.0. The van der Waals surface area contributed by atoms with Crippen LogP contribution < -0.4 is 4.90 Å². The Balaban J connectivity index is 1.74. The molecule has 0 saturated carbocycles. The van der Waals surface area contributed by atoms with Gasteiger partial charge >= 0.3 is 5.88 Å². The number of hydrogen-bond donors (Lipinski definition) is 0.